The van der Waals surface area contributed by atoms with E-state index in [-0.39, 0.29) is 31.1 Å². The first-order chi connectivity index (χ1) is 17.8. The van der Waals surface area contributed by atoms with Crippen molar-refractivity contribution in [3.63, 3.8) is 0 Å². The molecule has 0 aliphatic carbocycles. The lowest BCUT2D eigenvalue weighted by atomic mass is 10.2. The standard InChI is InChI=1S/C27H26ClN3O6/c1-18(32)29-19-9-11-20(12-10-19)31-26(34)17-36-27(35)8-4-7-25(33)30-21-13-15-22(16-14-21)37-24-6-3-2-5-23(24)28/h2-3,5-6,9-16H,4,7-8,17H2,1H3,(H,29,32)(H,30,33)(H,31,34). The number of benzene rings is 3. The molecule has 3 aromatic rings. The van der Waals surface area contributed by atoms with Crippen LogP contribution in [-0.2, 0) is 23.9 Å². The summed E-state index contributed by atoms with van der Waals surface area (Å²) in [5, 5.41) is 8.45. The SMILES string of the molecule is CC(=O)Nc1ccc(NC(=O)COC(=O)CCCC(=O)Nc2ccc(Oc3ccccc3Cl)cc2)cc1. The molecule has 0 radical (unpaired) electrons. The first-order valence-electron chi connectivity index (χ1n) is 11.4. The van der Waals surface area contributed by atoms with Crippen molar-refractivity contribution in [1.29, 1.82) is 0 Å². The van der Waals surface area contributed by atoms with Crippen LogP contribution in [0.3, 0.4) is 0 Å². The van der Waals surface area contributed by atoms with Crippen molar-refractivity contribution >= 4 is 52.4 Å². The quantitative estimate of drug-likeness (QED) is 0.290. The maximum atomic E-state index is 12.2. The maximum absolute atomic E-state index is 12.2. The van der Waals surface area contributed by atoms with Gasteiger partial charge in [0.25, 0.3) is 5.91 Å². The van der Waals surface area contributed by atoms with Crippen LogP contribution in [-0.4, -0.2) is 30.3 Å². The highest BCUT2D eigenvalue weighted by molar-refractivity contribution is 6.32. The normalized spacial score (nSPS) is 10.2. The second kappa shape index (κ2) is 13.6. The molecule has 0 bridgehead atoms. The second-order valence-corrected chi connectivity index (χ2v) is 8.33. The summed E-state index contributed by atoms with van der Waals surface area (Å²) in [7, 11) is 0. The average molecular weight is 524 g/mol. The number of carbonyl (C=O) groups excluding carboxylic acids is 4. The number of carbonyl (C=O) groups is 4. The van der Waals surface area contributed by atoms with Crippen molar-refractivity contribution in [3.05, 3.63) is 77.8 Å². The Hall–Kier alpha value is -4.37. The summed E-state index contributed by atoms with van der Waals surface area (Å²) in [5.74, 6) is -0.434. The topological polar surface area (TPSA) is 123 Å². The molecular formula is C27H26ClN3O6. The van der Waals surface area contributed by atoms with Crippen LogP contribution in [0.15, 0.2) is 72.8 Å². The van der Waals surface area contributed by atoms with E-state index in [1.165, 1.54) is 6.92 Å². The summed E-state index contributed by atoms with van der Waals surface area (Å²) in [6.45, 7) is 0.955. The van der Waals surface area contributed by atoms with Gasteiger partial charge in [-0.25, -0.2) is 0 Å². The number of anilines is 3. The third kappa shape index (κ3) is 9.65. The van der Waals surface area contributed by atoms with E-state index in [1.807, 2.05) is 12.1 Å². The number of amides is 3. The number of halogens is 1. The van der Waals surface area contributed by atoms with E-state index < -0.39 is 18.5 Å². The molecular weight excluding hydrogens is 498 g/mol. The predicted octanol–water partition coefficient (Wildman–Crippen LogP) is 5.38. The smallest absolute Gasteiger partial charge is 0.306 e. The fraction of sp³-hybridized carbons (Fsp3) is 0.185. The summed E-state index contributed by atoms with van der Waals surface area (Å²) >= 11 is 6.09. The Bertz CT molecular complexity index is 1250. The van der Waals surface area contributed by atoms with E-state index in [1.54, 1.807) is 60.7 Å². The van der Waals surface area contributed by atoms with Gasteiger partial charge in [0.15, 0.2) is 6.61 Å². The van der Waals surface area contributed by atoms with Gasteiger partial charge >= 0.3 is 5.97 Å². The van der Waals surface area contributed by atoms with E-state index in [4.69, 9.17) is 21.1 Å². The van der Waals surface area contributed by atoms with Gasteiger partial charge in [0.05, 0.1) is 5.02 Å². The molecule has 0 spiro atoms. The third-order valence-electron chi connectivity index (χ3n) is 4.84. The highest BCUT2D eigenvalue weighted by atomic mass is 35.5. The van der Waals surface area contributed by atoms with Crippen molar-refractivity contribution in [2.24, 2.45) is 0 Å². The minimum atomic E-state index is -0.579. The number of ether oxygens (including phenoxy) is 2. The van der Waals surface area contributed by atoms with Crippen LogP contribution >= 0.6 is 11.6 Å². The van der Waals surface area contributed by atoms with Crippen molar-refractivity contribution < 1.29 is 28.7 Å². The molecule has 0 aliphatic rings. The molecule has 0 aliphatic heterocycles. The zero-order chi connectivity index (χ0) is 26.6. The van der Waals surface area contributed by atoms with Crippen LogP contribution in [0, 0.1) is 0 Å². The minimum absolute atomic E-state index is 0.00325. The van der Waals surface area contributed by atoms with Gasteiger partial charge in [0.2, 0.25) is 11.8 Å². The van der Waals surface area contributed by atoms with Gasteiger partial charge < -0.3 is 25.4 Å². The Labute approximate surface area is 219 Å². The van der Waals surface area contributed by atoms with E-state index in [2.05, 4.69) is 16.0 Å². The predicted molar refractivity (Wildman–Crippen MR) is 141 cm³/mol. The largest absolute Gasteiger partial charge is 0.456 e. The van der Waals surface area contributed by atoms with Crippen LogP contribution in [0.4, 0.5) is 17.1 Å². The Morgan fingerprint density at radius 1 is 0.730 bits per heavy atom. The van der Waals surface area contributed by atoms with Crippen molar-refractivity contribution in [1.82, 2.24) is 0 Å². The van der Waals surface area contributed by atoms with Crippen molar-refractivity contribution in [2.45, 2.75) is 26.2 Å². The van der Waals surface area contributed by atoms with Gasteiger partial charge in [-0.1, -0.05) is 23.7 Å². The monoisotopic (exact) mass is 523 g/mol. The Morgan fingerprint density at radius 2 is 1.30 bits per heavy atom. The molecule has 10 heteroatoms. The molecule has 0 atom stereocenters. The molecule has 0 unspecified atom stereocenters. The van der Waals surface area contributed by atoms with Crippen LogP contribution in [0.5, 0.6) is 11.5 Å². The van der Waals surface area contributed by atoms with E-state index in [9.17, 15) is 19.2 Å². The first-order valence-corrected chi connectivity index (χ1v) is 11.8. The third-order valence-corrected chi connectivity index (χ3v) is 5.15. The second-order valence-electron chi connectivity index (χ2n) is 7.93. The van der Waals surface area contributed by atoms with Crippen molar-refractivity contribution in [3.8, 4) is 11.5 Å². The van der Waals surface area contributed by atoms with E-state index in [0.717, 1.165) is 0 Å². The molecule has 0 saturated carbocycles. The maximum Gasteiger partial charge on any atom is 0.306 e. The molecule has 37 heavy (non-hydrogen) atoms. The fourth-order valence-electron chi connectivity index (χ4n) is 3.13. The number of esters is 1. The van der Waals surface area contributed by atoms with Crippen LogP contribution in [0.25, 0.3) is 0 Å². The van der Waals surface area contributed by atoms with Crippen molar-refractivity contribution in [2.75, 3.05) is 22.6 Å². The lowest BCUT2D eigenvalue weighted by molar-refractivity contribution is -0.147. The number of nitrogens with one attached hydrogen (secondary N) is 3. The summed E-state index contributed by atoms with van der Waals surface area (Å²) < 4.78 is 10.7. The van der Waals surface area contributed by atoms with Gasteiger partial charge in [-0.15, -0.1) is 0 Å². The zero-order valence-electron chi connectivity index (χ0n) is 20.1. The van der Waals surface area contributed by atoms with Gasteiger partial charge in [0.1, 0.15) is 11.5 Å². The van der Waals surface area contributed by atoms with Gasteiger partial charge in [-0.2, -0.15) is 0 Å². The molecule has 9 nitrogen and oxygen atoms in total. The molecule has 3 amide bonds. The Balaban J connectivity index is 1.32. The molecule has 0 saturated heterocycles. The number of para-hydroxylation sites is 1. The van der Waals surface area contributed by atoms with E-state index in [0.29, 0.717) is 33.6 Å². The highest BCUT2D eigenvalue weighted by Gasteiger charge is 2.10. The zero-order valence-corrected chi connectivity index (χ0v) is 20.8. The van der Waals surface area contributed by atoms with Gasteiger partial charge in [0, 0.05) is 36.8 Å². The van der Waals surface area contributed by atoms with Gasteiger partial charge in [-0.05, 0) is 67.1 Å². The molecule has 192 valence electrons. The average Bonchev–Trinajstić information content (AvgIpc) is 2.86. The van der Waals surface area contributed by atoms with Crippen LogP contribution < -0.4 is 20.7 Å². The van der Waals surface area contributed by atoms with Crippen LogP contribution in [0.2, 0.25) is 5.02 Å². The molecule has 0 fully saturated rings. The summed E-state index contributed by atoms with van der Waals surface area (Å²) in [6.07, 6.45) is 0.376. The van der Waals surface area contributed by atoms with Gasteiger partial charge in [-0.3, -0.25) is 19.2 Å². The lowest BCUT2D eigenvalue weighted by Gasteiger charge is -2.09. The molecule has 0 aromatic heterocycles. The Morgan fingerprint density at radius 3 is 1.92 bits per heavy atom. The fourth-order valence-corrected chi connectivity index (χ4v) is 3.31. The molecule has 0 heterocycles. The first kappa shape index (κ1) is 27.2. The number of hydrogen-bond donors (Lipinski definition) is 3. The molecule has 3 aromatic carbocycles. The highest BCUT2D eigenvalue weighted by Crippen LogP contribution is 2.29. The lowest BCUT2D eigenvalue weighted by Crippen LogP contribution is -2.21. The molecule has 3 N–H and O–H groups in total. The van der Waals surface area contributed by atoms with Crippen LogP contribution in [0.1, 0.15) is 26.2 Å². The Kier molecular flexibility index (Phi) is 10.0. The number of rotatable bonds is 11. The number of hydrogen-bond acceptors (Lipinski definition) is 6. The van der Waals surface area contributed by atoms with E-state index >= 15 is 0 Å². The summed E-state index contributed by atoms with van der Waals surface area (Å²) in [5.41, 5.74) is 1.68. The summed E-state index contributed by atoms with van der Waals surface area (Å²) in [6, 6.07) is 20.4. The molecule has 3 rings (SSSR count). The minimum Gasteiger partial charge on any atom is -0.456 e. The summed E-state index contributed by atoms with van der Waals surface area (Å²) in [4.78, 5) is 47.1.